The molecule has 0 fully saturated rings. The molecule has 0 heterocycles. The summed E-state index contributed by atoms with van der Waals surface area (Å²) in [6.07, 6.45) is 0. The maximum absolute atomic E-state index is 12.0. The molecule has 0 aromatic heterocycles. The van der Waals surface area contributed by atoms with E-state index in [1.165, 1.54) is 4.90 Å². The molecule has 0 aliphatic carbocycles. The SMILES string of the molecule is COCCN(CCO)C(=O)COc1ccc(Cl)cc1Br. The van der Waals surface area contributed by atoms with E-state index >= 15 is 0 Å². The van der Waals surface area contributed by atoms with Crippen LogP contribution < -0.4 is 4.74 Å². The summed E-state index contributed by atoms with van der Waals surface area (Å²) in [6, 6.07) is 5.06. The van der Waals surface area contributed by atoms with Crippen LogP contribution in [-0.2, 0) is 9.53 Å². The number of amides is 1. The predicted octanol–water partition coefficient (Wildman–Crippen LogP) is 1.95. The van der Waals surface area contributed by atoms with E-state index in [4.69, 9.17) is 26.2 Å². The molecular weight excluding hydrogens is 350 g/mol. The minimum Gasteiger partial charge on any atom is -0.483 e. The number of methoxy groups -OCH3 is 1. The van der Waals surface area contributed by atoms with Crippen LogP contribution in [0.15, 0.2) is 22.7 Å². The number of hydrogen-bond donors (Lipinski definition) is 1. The number of aliphatic hydroxyl groups is 1. The van der Waals surface area contributed by atoms with Crippen molar-refractivity contribution in [2.24, 2.45) is 0 Å². The maximum Gasteiger partial charge on any atom is 0.260 e. The quantitative estimate of drug-likeness (QED) is 0.764. The minimum atomic E-state index is -0.210. The second kappa shape index (κ2) is 9.18. The van der Waals surface area contributed by atoms with Gasteiger partial charge in [-0.2, -0.15) is 0 Å². The standard InChI is InChI=1S/C13H17BrClNO4/c1-19-7-5-16(4-6-17)13(18)9-20-12-3-2-10(15)8-11(12)14/h2-3,8,17H,4-7,9H2,1H3. The summed E-state index contributed by atoms with van der Waals surface area (Å²) in [7, 11) is 1.56. The van der Waals surface area contributed by atoms with Gasteiger partial charge in [-0.15, -0.1) is 0 Å². The summed E-state index contributed by atoms with van der Waals surface area (Å²) < 4.78 is 11.1. The van der Waals surface area contributed by atoms with Gasteiger partial charge in [0.2, 0.25) is 0 Å². The van der Waals surface area contributed by atoms with E-state index in [2.05, 4.69) is 15.9 Å². The van der Waals surface area contributed by atoms with Crippen LogP contribution >= 0.6 is 27.5 Å². The largest absolute Gasteiger partial charge is 0.483 e. The van der Waals surface area contributed by atoms with Crippen LogP contribution in [0, 0.1) is 0 Å². The molecule has 0 spiro atoms. The molecule has 5 nitrogen and oxygen atoms in total. The fraction of sp³-hybridized carbons (Fsp3) is 0.462. The molecule has 0 aliphatic heterocycles. The van der Waals surface area contributed by atoms with Gasteiger partial charge in [-0.05, 0) is 34.1 Å². The number of rotatable bonds is 8. The second-order valence-electron chi connectivity index (χ2n) is 3.96. The van der Waals surface area contributed by atoms with Crippen LogP contribution in [0.2, 0.25) is 5.02 Å². The fourth-order valence-electron chi connectivity index (χ4n) is 1.51. The Kier molecular flexibility index (Phi) is 7.91. The van der Waals surface area contributed by atoms with Crippen molar-refractivity contribution in [1.82, 2.24) is 4.90 Å². The monoisotopic (exact) mass is 365 g/mol. The summed E-state index contributed by atoms with van der Waals surface area (Å²) in [6.45, 7) is 0.884. The number of aliphatic hydroxyl groups excluding tert-OH is 1. The summed E-state index contributed by atoms with van der Waals surface area (Å²) >= 11 is 9.14. The first-order valence-corrected chi connectivity index (χ1v) is 7.21. The van der Waals surface area contributed by atoms with Gasteiger partial charge in [0.25, 0.3) is 5.91 Å². The number of carbonyl (C=O) groups excluding carboxylic acids is 1. The number of halogens is 2. The molecule has 1 rings (SSSR count). The Morgan fingerprint density at radius 1 is 1.45 bits per heavy atom. The van der Waals surface area contributed by atoms with E-state index in [1.54, 1.807) is 25.3 Å². The van der Waals surface area contributed by atoms with Crippen molar-refractivity contribution in [3.8, 4) is 5.75 Å². The molecule has 20 heavy (non-hydrogen) atoms. The number of ether oxygens (including phenoxy) is 2. The van der Waals surface area contributed by atoms with Crippen molar-refractivity contribution in [3.63, 3.8) is 0 Å². The molecular formula is C13H17BrClNO4. The second-order valence-corrected chi connectivity index (χ2v) is 5.25. The lowest BCUT2D eigenvalue weighted by atomic mass is 10.3. The van der Waals surface area contributed by atoms with Crippen LogP contribution in [-0.4, -0.2) is 55.9 Å². The zero-order valence-corrected chi connectivity index (χ0v) is 13.5. The minimum absolute atomic E-state index is 0.0971. The Morgan fingerprint density at radius 2 is 2.20 bits per heavy atom. The molecule has 1 aromatic rings. The molecule has 1 amide bonds. The van der Waals surface area contributed by atoms with Gasteiger partial charge < -0.3 is 19.5 Å². The molecule has 1 N–H and O–H groups in total. The Labute approximate surface area is 131 Å². The van der Waals surface area contributed by atoms with E-state index in [0.29, 0.717) is 28.4 Å². The number of nitrogens with zero attached hydrogens (tertiary/aromatic N) is 1. The van der Waals surface area contributed by atoms with Crippen molar-refractivity contribution >= 4 is 33.4 Å². The van der Waals surface area contributed by atoms with E-state index in [-0.39, 0.29) is 25.7 Å². The molecule has 0 saturated carbocycles. The maximum atomic E-state index is 12.0. The van der Waals surface area contributed by atoms with E-state index in [1.807, 2.05) is 0 Å². The zero-order valence-electron chi connectivity index (χ0n) is 11.1. The van der Waals surface area contributed by atoms with Gasteiger partial charge >= 0.3 is 0 Å². The predicted molar refractivity (Wildman–Crippen MR) is 80.2 cm³/mol. The molecule has 7 heteroatoms. The number of carbonyl (C=O) groups is 1. The molecule has 0 saturated heterocycles. The topological polar surface area (TPSA) is 59.0 Å². The Hall–Kier alpha value is -0.820. The molecule has 0 unspecified atom stereocenters. The van der Waals surface area contributed by atoms with Gasteiger partial charge in [-0.25, -0.2) is 0 Å². The lowest BCUT2D eigenvalue weighted by molar-refractivity contribution is -0.134. The van der Waals surface area contributed by atoms with E-state index < -0.39 is 0 Å². The first-order valence-electron chi connectivity index (χ1n) is 6.04. The first kappa shape index (κ1) is 17.2. The van der Waals surface area contributed by atoms with Gasteiger partial charge in [0.05, 0.1) is 17.7 Å². The van der Waals surface area contributed by atoms with Crippen molar-refractivity contribution in [3.05, 3.63) is 27.7 Å². The summed E-state index contributed by atoms with van der Waals surface area (Å²) in [5.74, 6) is 0.330. The summed E-state index contributed by atoms with van der Waals surface area (Å²) in [5, 5.41) is 9.53. The van der Waals surface area contributed by atoms with E-state index in [0.717, 1.165) is 0 Å². The molecule has 0 bridgehead atoms. The van der Waals surface area contributed by atoms with Crippen molar-refractivity contribution in [1.29, 1.82) is 0 Å². The summed E-state index contributed by atoms with van der Waals surface area (Å²) in [4.78, 5) is 13.5. The van der Waals surface area contributed by atoms with Crippen LogP contribution in [0.25, 0.3) is 0 Å². The van der Waals surface area contributed by atoms with E-state index in [9.17, 15) is 4.79 Å². The average molecular weight is 367 g/mol. The molecule has 112 valence electrons. The highest BCUT2D eigenvalue weighted by Crippen LogP contribution is 2.27. The Bertz CT molecular complexity index is 444. The van der Waals surface area contributed by atoms with Crippen molar-refractivity contribution in [2.75, 3.05) is 40.0 Å². The highest BCUT2D eigenvalue weighted by molar-refractivity contribution is 9.10. The third kappa shape index (κ3) is 5.66. The van der Waals surface area contributed by atoms with Gasteiger partial charge in [0.1, 0.15) is 5.75 Å². The first-order chi connectivity index (χ1) is 9.58. The number of benzene rings is 1. The highest BCUT2D eigenvalue weighted by atomic mass is 79.9. The third-order valence-corrected chi connectivity index (χ3v) is 3.39. The lowest BCUT2D eigenvalue weighted by Crippen LogP contribution is -2.39. The van der Waals surface area contributed by atoms with Gasteiger partial charge in [0, 0.05) is 25.2 Å². The van der Waals surface area contributed by atoms with Gasteiger partial charge in [0.15, 0.2) is 6.61 Å². The molecule has 0 atom stereocenters. The fourth-order valence-corrected chi connectivity index (χ4v) is 2.30. The van der Waals surface area contributed by atoms with Gasteiger partial charge in [-0.1, -0.05) is 11.6 Å². The smallest absolute Gasteiger partial charge is 0.260 e. The normalized spacial score (nSPS) is 10.4. The van der Waals surface area contributed by atoms with Crippen molar-refractivity contribution < 1.29 is 19.4 Å². The molecule has 0 aliphatic rings. The third-order valence-electron chi connectivity index (χ3n) is 2.53. The van der Waals surface area contributed by atoms with Crippen molar-refractivity contribution in [2.45, 2.75) is 0 Å². The lowest BCUT2D eigenvalue weighted by Gasteiger charge is -2.21. The zero-order chi connectivity index (χ0) is 15.0. The highest BCUT2D eigenvalue weighted by Gasteiger charge is 2.14. The van der Waals surface area contributed by atoms with Crippen LogP contribution in [0.3, 0.4) is 0 Å². The Morgan fingerprint density at radius 3 is 2.80 bits per heavy atom. The summed E-state index contributed by atoms with van der Waals surface area (Å²) in [5.41, 5.74) is 0. The van der Waals surface area contributed by atoms with Crippen LogP contribution in [0.5, 0.6) is 5.75 Å². The number of hydrogen-bond acceptors (Lipinski definition) is 4. The Balaban J connectivity index is 2.55. The molecule has 0 radical (unpaired) electrons. The van der Waals surface area contributed by atoms with Crippen LogP contribution in [0.4, 0.5) is 0 Å². The van der Waals surface area contributed by atoms with Crippen LogP contribution in [0.1, 0.15) is 0 Å². The average Bonchev–Trinajstić information content (AvgIpc) is 2.42. The van der Waals surface area contributed by atoms with Gasteiger partial charge in [-0.3, -0.25) is 4.79 Å². The molecule has 1 aromatic carbocycles.